The molecule has 0 amide bonds. The summed E-state index contributed by atoms with van der Waals surface area (Å²) in [6, 6.07) is 0.852. The van der Waals surface area contributed by atoms with E-state index in [0.29, 0.717) is 0 Å². The molecule has 1 aliphatic rings. The predicted molar refractivity (Wildman–Crippen MR) is 59.4 cm³/mol. The summed E-state index contributed by atoms with van der Waals surface area (Å²) in [5.41, 5.74) is -0.0929. The van der Waals surface area contributed by atoms with Crippen molar-refractivity contribution in [2.45, 2.75) is 44.2 Å². The molecule has 3 nitrogen and oxygen atoms in total. The molecule has 3 heteroatoms. The number of nitrogens with zero attached hydrogens (tertiary/aromatic N) is 1. The van der Waals surface area contributed by atoms with E-state index in [1.54, 1.807) is 0 Å². The van der Waals surface area contributed by atoms with E-state index in [-0.39, 0.29) is 12.1 Å². The predicted octanol–water partition coefficient (Wildman–Crippen LogP) is 0.831. The molecule has 0 spiro atoms. The first kappa shape index (κ1) is 12.0. The topological polar surface area (TPSA) is 35.5 Å². The van der Waals surface area contributed by atoms with Gasteiger partial charge in [-0.1, -0.05) is 0 Å². The Morgan fingerprint density at radius 2 is 2.14 bits per heavy atom. The van der Waals surface area contributed by atoms with Crippen molar-refractivity contribution in [3.63, 3.8) is 0 Å². The number of rotatable bonds is 7. The van der Waals surface area contributed by atoms with Gasteiger partial charge in [0.15, 0.2) is 0 Å². The van der Waals surface area contributed by atoms with Gasteiger partial charge in [0, 0.05) is 11.6 Å². The van der Waals surface area contributed by atoms with E-state index in [0.717, 1.165) is 25.4 Å². The average Bonchev–Trinajstić information content (AvgIpc) is 3.00. The molecule has 84 valence electrons. The first-order valence-electron chi connectivity index (χ1n) is 5.61. The Morgan fingerprint density at radius 3 is 2.57 bits per heavy atom. The summed E-state index contributed by atoms with van der Waals surface area (Å²) in [5, 5.41) is 12.4. The Balaban J connectivity index is 2.12. The third kappa shape index (κ3) is 3.56. The van der Waals surface area contributed by atoms with Gasteiger partial charge in [-0.15, -0.1) is 0 Å². The van der Waals surface area contributed by atoms with E-state index in [1.165, 1.54) is 12.8 Å². The van der Waals surface area contributed by atoms with Crippen LogP contribution in [0.25, 0.3) is 0 Å². The molecule has 0 aliphatic heterocycles. The Labute approximate surface area is 87.5 Å². The highest BCUT2D eigenvalue weighted by atomic mass is 16.3. The first-order chi connectivity index (χ1) is 6.61. The zero-order valence-electron chi connectivity index (χ0n) is 9.71. The van der Waals surface area contributed by atoms with Crippen LogP contribution in [0, 0.1) is 0 Å². The van der Waals surface area contributed by atoms with Crippen LogP contribution in [0.5, 0.6) is 0 Å². The lowest BCUT2D eigenvalue weighted by Gasteiger charge is -2.27. The molecule has 1 saturated carbocycles. The van der Waals surface area contributed by atoms with Crippen molar-refractivity contribution in [2.24, 2.45) is 0 Å². The lowest BCUT2D eigenvalue weighted by Crippen LogP contribution is -2.43. The Hall–Kier alpha value is -0.120. The van der Waals surface area contributed by atoms with Gasteiger partial charge in [-0.25, -0.2) is 0 Å². The third-order valence-electron chi connectivity index (χ3n) is 3.36. The molecule has 0 saturated heterocycles. The number of nitrogens with one attached hydrogen (secondary N) is 1. The summed E-state index contributed by atoms with van der Waals surface area (Å²) < 4.78 is 0. The van der Waals surface area contributed by atoms with Crippen LogP contribution in [0.15, 0.2) is 0 Å². The average molecular weight is 200 g/mol. The second-order valence-corrected chi connectivity index (χ2v) is 4.78. The second kappa shape index (κ2) is 5.10. The van der Waals surface area contributed by atoms with Crippen molar-refractivity contribution in [1.82, 2.24) is 10.2 Å². The molecular formula is C11H24N2O. The van der Waals surface area contributed by atoms with Crippen LogP contribution in [0.1, 0.15) is 32.6 Å². The minimum atomic E-state index is -0.0929. The van der Waals surface area contributed by atoms with Crippen LogP contribution in [0.3, 0.4) is 0 Å². The number of aliphatic hydroxyl groups is 1. The molecule has 1 unspecified atom stereocenters. The summed E-state index contributed by atoms with van der Waals surface area (Å²) in [6.45, 7) is 3.45. The fraction of sp³-hybridized carbons (Fsp3) is 1.00. The van der Waals surface area contributed by atoms with Crippen molar-refractivity contribution >= 4 is 0 Å². The maximum atomic E-state index is 9.20. The molecule has 0 bridgehead atoms. The lowest BCUT2D eigenvalue weighted by molar-refractivity contribution is 0.166. The molecule has 1 atom stereocenters. The van der Waals surface area contributed by atoms with Gasteiger partial charge in [0.05, 0.1) is 6.61 Å². The number of aliphatic hydroxyl groups excluding tert-OH is 1. The zero-order chi connectivity index (χ0) is 10.6. The maximum absolute atomic E-state index is 9.20. The normalized spacial score (nSPS) is 21.2. The molecule has 0 heterocycles. The van der Waals surface area contributed by atoms with E-state index in [9.17, 15) is 5.11 Å². The van der Waals surface area contributed by atoms with Gasteiger partial charge in [-0.2, -0.15) is 0 Å². The van der Waals surface area contributed by atoms with Gasteiger partial charge < -0.3 is 15.3 Å². The Morgan fingerprint density at radius 1 is 1.50 bits per heavy atom. The molecule has 14 heavy (non-hydrogen) atoms. The van der Waals surface area contributed by atoms with Crippen molar-refractivity contribution in [1.29, 1.82) is 0 Å². The van der Waals surface area contributed by atoms with E-state index in [2.05, 4.69) is 24.2 Å². The highest BCUT2D eigenvalue weighted by Crippen LogP contribution is 2.25. The Bertz CT molecular complexity index is 165. The SMILES string of the molecule is CNC(C)(CO)CCCN(C)C1CC1. The minimum Gasteiger partial charge on any atom is -0.394 e. The lowest BCUT2D eigenvalue weighted by atomic mass is 9.97. The van der Waals surface area contributed by atoms with Crippen LogP contribution in [0.2, 0.25) is 0 Å². The van der Waals surface area contributed by atoms with Gasteiger partial charge in [0.1, 0.15) is 0 Å². The largest absolute Gasteiger partial charge is 0.394 e. The minimum absolute atomic E-state index is 0.0929. The molecular weight excluding hydrogens is 176 g/mol. The molecule has 0 aromatic carbocycles. The van der Waals surface area contributed by atoms with Gasteiger partial charge in [0.25, 0.3) is 0 Å². The van der Waals surface area contributed by atoms with Crippen LogP contribution in [0.4, 0.5) is 0 Å². The number of hydrogen-bond acceptors (Lipinski definition) is 3. The summed E-state index contributed by atoms with van der Waals surface area (Å²) in [6.07, 6.45) is 4.95. The van der Waals surface area contributed by atoms with Crippen molar-refractivity contribution in [2.75, 3.05) is 27.2 Å². The van der Waals surface area contributed by atoms with Crippen LogP contribution >= 0.6 is 0 Å². The molecule has 1 rings (SSSR count). The summed E-state index contributed by atoms with van der Waals surface area (Å²) in [7, 11) is 4.12. The molecule has 2 N–H and O–H groups in total. The van der Waals surface area contributed by atoms with Crippen molar-refractivity contribution < 1.29 is 5.11 Å². The highest BCUT2D eigenvalue weighted by Gasteiger charge is 2.26. The quantitative estimate of drug-likeness (QED) is 0.639. The third-order valence-corrected chi connectivity index (χ3v) is 3.36. The highest BCUT2D eigenvalue weighted by molar-refractivity contribution is 4.84. The molecule has 0 aromatic rings. The van der Waals surface area contributed by atoms with E-state index in [1.807, 2.05) is 7.05 Å². The number of hydrogen-bond donors (Lipinski definition) is 2. The van der Waals surface area contributed by atoms with Crippen molar-refractivity contribution in [3.8, 4) is 0 Å². The first-order valence-corrected chi connectivity index (χ1v) is 5.61. The van der Waals surface area contributed by atoms with Gasteiger partial charge >= 0.3 is 0 Å². The summed E-state index contributed by atoms with van der Waals surface area (Å²) in [5.74, 6) is 0. The molecule has 1 fully saturated rings. The van der Waals surface area contributed by atoms with Gasteiger partial charge in [-0.05, 0) is 53.2 Å². The van der Waals surface area contributed by atoms with Crippen LogP contribution in [-0.2, 0) is 0 Å². The second-order valence-electron chi connectivity index (χ2n) is 4.78. The van der Waals surface area contributed by atoms with E-state index < -0.39 is 0 Å². The van der Waals surface area contributed by atoms with E-state index >= 15 is 0 Å². The zero-order valence-corrected chi connectivity index (χ0v) is 9.71. The molecule has 1 aliphatic carbocycles. The van der Waals surface area contributed by atoms with Crippen LogP contribution < -0.4 is 5.32 Å². The Kier molecular flexibility index (Phi) is 4.35. The monoisotopic (exact) mass is 200 g/mol. The fourth-order valence-electron chi connectivity index (χ4n) is 1.70. The van der Waals surface area contributed by atoms with Gasteiger partial charge in [-0.3, -0.25) is 0 Å². The number of likely N-dealkylation sites (N-methyl/N-ethyl adjacent to an activating group) is 1. The fourth-order valence-corrected chi connectivity index (χ4v) is 1.70. The van der Waals surface area contributed by atoms with Crippen LogP contribution in [-0.4, -0.2) is 48.8 Å². The maximum Gasteiger partial charge on any atom is 0.0610 e. The molecule has 0 radical (unpaired) electrons. The standard InChI is InChI=1S/C11H24N2O/c1-11(9-14,12-2)7-4-8-13(3)10-5-6-10/h10,12,14H,4-9H2,1-3H3. The van der Waals surface area contributed by atoms with E-state index in [4.69, 9.17) is 0 Å². The smallest absolute Gasteiger partial charge is 0.0610 e. The molecule has 0 aromatic heterocycles. The summed E-state index contributed by atoms with van der Waals surface area (Å²) >= 11 is 0. The van der Waals surface area contributed by atoms with Crippen molar-refractivity contribution in [3.05, 3.63) is 0 Å². The summed E-state index contributed by atoms with van der Waals surface area (Å²) in [4.78, 5) is 2.44. The van der Waals surface area contributed by atoms with Gasteiger partial charge in [0.2, 0.25) is 0 Å².